The molecule has 1 aromatic heterocycles. The van der Waals surface area contributed by atoms with Gasteiger partial charge in [-0.15, -0.1) is 11.3 Å². The molecule has 11 heavy (non-hydrogen) atoms. The van der Waals surface area contributed by atoms with Crippen molar-refractivity contribution in [2.75, 3.05) is 0 Å². The molecule has 0 unspecified atom stereocenters. The van der Waals surface area contributed by atoms with Gasteiger partial charge in [0.1, 0.15) is 0 Å². The van der Waals surface area contributed by atoms with E-state index in [0.717, 1.165) is 10.9 Å². The number of halogens is 1. The molecule has 1 heterocycles. The average molecular weight is 189 g/mol. The van der Waals surface area contributed by atoms with Gasteiger partial charge in [0.25, 0.3) is 0 Å². The quantitative estimate of drug-likeness (QED) is 0.673. The Morgan fingerprint density at radius 2 is 2.27 bits per heavy atom. The Labute approximate surface area is 77.2 Å². The third-order valence-corrected chi connectivity index (χ3v) is 2.93. The molecule has 0 saturated carbocycles. The molecule has 0 amide bonds. The van der Waals surface area contributed by atoms with Gasteiger partial charge in [0.15, 0.2) is 0 Å². The summed E-state index contributed by atoms with van der Waals surface area (Å²) in [6, 6.07) is 2.06. The molecule has 0 radical (unpaired) electrons. The molecule has 0 aliphatic rings. The first-order valence-corrected chi connectivity index (χ1v) is 5.17. The number of thiophene rings is 1. The maximum absolute atomic E-state index is 5.79. The Kier molecular flexibility index (Phi) is 3.41. The van der Waals surface area contributed by atoms with Crippen LogP contribution in [0.1, 0.15) is 25.1 Å². The van der Waals surface area contributed by atoms with E-state index in [9.17, 15) is 0 Å². The van der Waals surface area contributed by atoms with Crippen molar-refractivity contribution in [3.05, 3.63) is 21.3 Å². The standard InChI is InChI=1S/C9H13ClS/c1-7(2)3-4-9-5-8(10)6-11-9/h5-7H,3-4H2,1-2H3. The van der Waals surface area contributed by atoms with Gasteiger partial charge in [-0.25, -0.2) is 0 Å². The van der Waals surface area contributed by atoms with E-state index in [0.29, 0.717) is 0 Å². The SMILES string of the molecule is CC(C)CCc1cc(Cl)cs1. The summed E-state index contributed by atoms with van der Waals surface area (Å²) in [7, 11) is 0. The molecule has 0 aliphatic heterocycles. The summed E-state index contributed by atoms with van der Waals surface area (Å²) in [6.45, 7) is 4.49. The van der Waals surface area contributed by atoms with Crippen molar-refractivity contribution in [1.82, 2.24) is 0 Å². The molecule has 0 bridgehead atoms. The predicted molar refractivity (Wildman–Crippen MR) is 52.5 cm³/mol. The van der Waals surface area contributed by atoms with E-state index in [1.807, 2.05) is 5.38 Å². The highest BCUT2D eigenvalue weighted by molar-refractivity contribution is 7.10. The Morgan fingerprint density at radius 3 is 2.73 bits per heavy atom. The van der Waals surface area contributed by atoms with Gasteiger partial charge < -0.3 is 0 Å². The zero-order chi connectivity index (χ0) is 8.27. The van der Waals surface area contributed by atoms with Crippen molar-refractivity contribution in [2.45, 2.75) is 26.7 Å². The second-order valence-corrected chi connectivity index (χ2v) is 4.60. The van der Waals surface area contributed by atoms with Crippen LogP contribution in [-0.2, 0) is 6.42 Å². The first-order valence-electron chi connectivity index (χ1n) is 3.91. The first kappa shape index (κ1) is 9.08. The minimum Gasteiger partial charge on any atom is -0.147 e. The molecule has 0 N–H and O–H groups in total. The average Bonchev–Trinajstić information content (AvgIpc) is 2.31. The van der Waals surface area contributed by atoms with Crippen molar-refractivity contribution >= 4 is 22.9 Å². The lowest BCUT2D eigenvalue weighted by atomic mass is 10.1. The lowest BCUT2D eigenvalue weighted by Crippen LogP contribution is -1.88. The Hall–Kier alpha value is -0.0100. The largest absolute Gasteiger partial charge is 0.147 e. The second-order valence-electron chi connectivity index (χ2n) is 3.16. The molecule has 1 rings (SSSR count). The third kappa shape index (κ3) is 3.26. The van der Waals surface area contributed by atoms with Gasteiger partial charge in [0.05, 0.1) is 5.02 Å². The zero-order valence-corrected chi connectivity index (χ0v) is 8.50. The van der Waals surface area contributed by atoms with Gasteiger partial charge in [0, 0.05) is 10.3 Å². The van der Waals surface area contributed by atoms with E-state index >= 15 is 0 Å². The van der Waals surface area contributed by atoms with E-state index in [1.165, 1.54) is 17.7 Å². The van der Waals surface area contributed by atoms with Gasteiger partial charge >= 0.3 is 0 Å². The van der Waals surface area contributed by atoms with Gasteiger partial charge in [-0.05, 0) is 24.8 Å². The van der Waals surface area contributed by atoms with E-state index in [2.05, 4.69) is 19.9 Å². The summed E-state index contributed by atoms with van der Waals surface area (Å²) in [5.41, 5.74) is 0. The Morgan fingerprint density at radius 1 is 1.55 bits per heavy atom. The van der Waals surface area contributed by atoms with Gasteiger partial charge in [-0.1, -0.05) is 25.4 Å². The summed E-state index contributed by atoms with van der Waals surface area (Å²) < 4.78 is 0. The van der Waals surface area contributed by atoms with E-state index < -0.39 is 0 Å². The maximum Gasteiger partial charge on any atom is 0.0515 e. The molecule has 0 fully saturated rings. The normalized spacial score (nSPS) is 10.9. The van der Waals surface area contributed by atoms with Crippen LogP contribution in [-0.4, -0.2) is 0 Å². The van der Waals surface area contributed by atoms with Crippen LogP contribution >= 0.6 is 22.9 Å². The van der Waals surface area contributed by atoms with Gasteiger partial charge in [0.2, 0.25) is 0 Å². The number of hydrogen-bond acceptors (Lipinski definition) is 1. The molecular weight excluding hydrogens is 176 g/mol. The summed E-state index contributed by atoms with van der Waals surface area (Å²) in [6.07, 6.45) is 2.44. The molecule has 0 aliphatic carbocycles. The monoisotopic (exact) mass is 188 g/mol. The van der Waals surface area contributed by atoms with Crippen LogP contribution in [0.3, 0.4) is 0 Å². The van der Waals surface area contributed by atoms with Crippen molar-refractivity contribution in [3.63, 3.8) is 0 Å². The fourth-order valence-electron chi connectivity index (χ4n) is 0.916. The van der Waals surface area contributed by atoms with Crippen molar-refractivity contribution in [1.29, 1.82) is 0 Å². The highest BCUT2D eigenvalue weighted by atomic mass is 35.5. The predicted octanol–water partition coefficient (Wildman–Crippen LogP) is 3.99. The molecule has 0 spiro atoms. The minimum absolute atomic E-state index is 0.788. The molecule has 0 saturated heterocycles. The Balaban J connectivity index is 2.39. The van der Waals surface area contributed by atoms with Crippen LogP contribution in [0.5, 0.6) is 0 Å². The van der Waals surface area contributed by atoms with Gasteiger partial charge in [-0.2, -0.15) is 0 Å². The van der Waals surface area contributed by atoms with Gasteiger partial charge in [-0.3, -0.25) is 0 Å². The van der Waals surface area contributed by atoms with Crippen molar-refractivity contribution in [3.8, 4) is 0 Å². The highest BCUT2D eigenvalue weighted by Gasteiger charge is 1.99. The lowest BCUT2D eigenvalue weighted by Gasteiger charge is -2.00. The highest BCUT2D eigenvalue weighted by Crippen LogP contribution is 2.21. The number of aryl methyl sites for hydroxylation is 1. The minimum atomic E-state index is 0.788. The van der Waals surface area contributed by atoms with Crippen LogP contribution < -0.4 is 0 Å². The topological polar surface area (TPSA) is 0 Å². The van der Waals surface area contributed by atoms with Crippen LogP contribution in [0.4, 0.5) is 0 Å². The molecule has 62 valence electrons. The lowest BCUT2D eigenvalue weighted by molar-refractivity contribution is 0.590. The molecular formula is C9H13ClS. The van der Waals surface area contributed by atoms with Crippen LogP contribution in [0.2, 0.25) is 5.02 Å². The Bertz CT molecular complexity index is 215. The number of rotatable bonds is 3. The fraction of sp³-hybridized carbons (Fsp3) is 0.556. The number of hydrogen-bond donors (Lipinski definition) is 0. The summed E-state index contributed by atoms with van der Waals surface area (Å²) in [4.78, 5) is 1.41. The molecule has 0 aromatic carbocycles. The van der Waals surface area contributed by atoms with E-state index in [-0.39, 0.29) is 0 Å². The molecule has 1 aromatic rings. The van der Waals surface area contributed by atoms with Crippen molar-refractivity contribution in [2.24, 2.45) is 5.92 Å². The van der Waals surface area contributed by atoms with Crippen LogP contribution in [0.15, 0.2) is 11.4 Å². The van der Waals surface area contributed by atoms with E-state index in [1.54, 1.807) is 11.3 Å². The smallest absolute Gasteiger partial charge is 0.0515 e. The zero-order valence-electron chi connectivity index (χ0n) is 6.93. The van der Waals surface area contributed by atoms with Crippen LogP contribution in [0.25, 0.3) is 0 Å². The second kappa shape index (κ2) is 4.13. The van der Waals surface area contributed by atoms with Crippen molar-refractivity contribution < 1.29 is 0 Å². The molecule has 0 nitrogen and oxygen atoms in total. The molecule has 2 heteroatoms. The van der Waals surface area contributed by atoms with E-state index in [4.69, 9.17) is 11.6 Å². The summed E-state index contributed by atoms with van der Waals surface area (Å²) in [5, 5.41) is 2.88. The summed E-state index contributed by atoms with van der Waals surface area (Å²) in [5.74, 6) is 0.788. The molecule has 0 atom stereocenters. The van der Waals surface area contributed by atoms with Crippen LogP contribution in [0, 0.1) is 5.92 Å². The summed E-state index contributed by atoms with van der Waals surface area (Å²) >= 11 is 7.55. The third-order valence-electron chi connectivity index (χ3n) is 1.59. The fourth-order valence-corrected chi connectivity index (χ4v) is 2.01. The maximum atomic E-state index is 5.79. The first-order chi connectivity index (χ1) is 5.18.